The maximum Gasteiger partial charge on any atom is 0.163 e. The molecule has 1 fully saturated rings. The predicted octanol–water partition coefficient (Wildman–Crippen LogP) is 3.61. The molecule has 5 nitrogen and oxygen atoms in total. The van der Waals surface area contributed by atoms with Gasteiger partial charge in [0.25, 0.3) is 0 Å². The van der Waals surface area contributed by atoms with E-state index in [4.69, 9.17) is 9.97 Å². The summed E-state index contributed by atoms with van der Waals surface area (Å²) in [5, 5.41) is 1.13. The number of fused-ring (bicyclic) bond motifs is 1. The van der Waals surface area contributed by atoms with Crippen molar-refractivity contribution in [3.8, 4) is 11.4 Å². The molecule has 0 spiro atoms. The van der Waals surface area contributed by atoms with E-state index in [2.05, 4.69) is 39.9 Å². The summed E-state index contributed by atoms with van der Waals surface area (Å²) in [5.41, 5.74) is 1.95. The van der Waals surface area contributed by atoms with Gasteiger partial charge in [0.15, 0.2) is 5.82 Å². The molecular weight excluding hydrogens is 322 g/mol. The molecule has 0 bridgehead atoms. The van der Waals surface area contributed by atoms with Crippen LogP contribution in [0.4, 0.5) is 5.82 Å². The van der Waals surface area contributed by atoms with E-state index in [0.29, 0.717) is 0 Å². The molecule has 0 amide bonds. The molecule has 0 radical (unpaired) electrons. The SMILES string of the molecule is CCCN1CCCN(c2nc(-c3cccnc3)nc3ccccc23)CC1. The zero-order chi connectivity index (χ0) is 17.8. The van der Waals surface area contributed by atoms with Crippen molar-refractivity contribution in [3.05, 3.63) is 48.8 Å². The first-order valence-electron chi connectivity index (χ1n) is 9.49. The Bertz CT molecular complexity index is 865. The summed E-state index contributed by atoms with van der Waals surface area (Å²) in [5.74, 6) is 1.80. The molecule has 3 heterocycles. The van der Waals surface area contributed by atoms with Crippen molar-refractivity contribution in [1.29, 1.82) is 0 Å². The summed E-state index contributed by atoms with van der Waals surface area (Å²) in [6, 6.07) is 12.3. The highest BCUT2D eigenvalue weighted by atomic mass is 15.3. The first kappa shape index (κ1) is 16.9. The summed E-state index contributed by atoms with van der Waals surface area (Å²) in [7, 11) is 0. The zero-order valence-electron chi connectivity index (χ0n) is 15.3. The van der Waals surface area contributed by atoms with Gasteiger partial charge in [0.1, 0.15) is 5.82 Å². The average molecular weight is 347 g/mol. The molecule has 5 heteroatoms. The van der Waals surface area contributed by atoms with Crippen LogP contribution >= 0.6 is 0 Å². The lowest BCUT2D eigenvalue weighted by atomic mass is 10.2. The summed E-state index contributed by atoms with van der Waals surface area (Å²) < 4.78 is 0. The van der Waals surface area contributed by atoms with Gasteiger partial charge in [0, 0.05) is 43.0 Å². The number of hydrogen-bond donors (Lipinski definition) is 0. The number of nitrogens with zero attached hydrogens (tertiary/aromatic N) is 5. The minimum absolute atomic E-state index is 0.751. The highest BCUT2D eigenvalue weighted by Gasteiger charge is 2.19. The Morgan fingerprint density at radius 2 is 1.88 bits per heavy atom. The van der Waals surface area contributed by atoms with Crippen molar-refractivity contribution >= 4 is 16.7 Å². The number of benzene rings is 1. The number of aromatic nitrogens is 3. The third kappa shape index (κ3) is 3.53. The first-order valence-corrected chi connectivity index (χ1v) is 9.49. The van der Waals surface area contributed by atoms with Gasteiger partial charge in [0.05, 0.1) is 5.52 Å². The van der Waals surface area contributed by atoms with Gasteiger partial charge in [-0.2, -0.15) is 0 Å². The molecule has 134 valence electrons. The number of hydrogen-bond acceptors (Lipinski definition) is 5. The zero-order valence-corrected chi connectivity index (χ0v) is 15.3. The van der Waals surface area contributed by atoms with Gasteiger partial charge >= 0.3 is 0 Å². The molecule has 0 unspecified atom stereocenters. The van der Waals surface area contributed by atoms with Crippen molar-refractivity contribution in [3.63, 3.8) is 0 Å². The van der Waals surface area contributed by atoms with Gasteiger partial charge in [0.2, 0.25) is 0 Å². The molecule has 4 rings (SSSR count). The predicted molar refractivity (Wildman–Crippen MR) is 106 cm³/mol. The van der Waals surface area contributed by atoms with E-state index >= 15 is 0 Å². The van der Waals surface area contributed by atoms with Gasteiger partial charge in [-0.15, -0.1) is 0 Å². The topological polar surface area (TPSA) is 45.2 Å². The molecule has 3 aromatic rings. The smallest absolute Gasteiger partial charge is 0.163 e. The third-order valence-electron chi connectivity index (χ3n) is 4.93. The largest absolute Gasteiger partial charge is 0.355 e. The first-order chi connectivity index (χ1) is 12.8. The van der Waals surface area contributed by atoms with E-state index < -0.39 is 0 Å². The molecule has 1 aliphatic heterocycles. The normalized spacial score (nSPS) is 16.0. The number of para-hydroxylation sites is 1. The van der Waals surface area contributed by atoms with E-state index in [1.54, 1.807) is 6.20 Å². The van der Waals surface area contributed by atoms with Gasteiger partial charge in [-0.05, 0) is 50.2 Å². The summed E-state index contributed by atoms with van der Waals surface area (Å²) in [4.78, 5) is 19.0. The molecule has 1 aromatic carbocycles. The Balaban J connectivity index is 1.73. The van der Waals surface area contributed by atoms with Crippen LogP contribution in [0.2, 0.25) is 0 Å². The van der Waals surface area contributed by atoms with Crippen LogP contribution in [-0.2, 0) is 0 Å². The van der Waals surface area contributed by atoms with Crippen LogP contribution in [0.5, 0.6) is 0 Å². The number of pyridine rings is 1. The fraction of sp³-hybridized carbons (Fsp3) is 0.381. The summed E-state index contributed by atoms with van der Waals surface area (Å²) in [6.07, 6.45) is 5.99. The fourth-order valence-electron chi connectivity index (χ4n) is 3.65. The van der Waals surface area contributed by atoms with Gasteiger partial charge in [-0.1, -0.05) is 19.1 Å². The minimum atomic E-state index is 0.751. The standard InChI is InChI=1S/C21H25N5/c1-2-11-25-12-6-13-26(15-14-25)21-18-8-3-4-9-19(18)23-20(24-21)17-7-5-10-22-16-17/h3-5,7-10,16H,2,6,11-15H2,1H3. The lowest BCUT2D eigenvalue weighted by Crippen LogP contribution is -2.31. The Hall–Kier alpha value is -2.53. The van der Waals surface area contributed by atoms with Crippen molar-refractivity contribution in [2.45, 2.75) is 19.8 Å². The summed E-state index contributed by atoms with van der Waals surface area (Å²) >= 11 is 0. The monoisotopic (exact) mass is 347 g/mol. The summed E-state index contributed by atoms with van der Waals surface area (Å²) in [6.45, 7) is 7.73. The Morgan fingerprint density at radius 3 is 2.73 bits per heavy atom. The van der Waals surface area contributed by atoms with Crippen LogP contribution in [0.25, 0.3) is 22.3 Å². The number of anilines is 1. The highest BCUT2D eigenvalue weighted by Crippen LogP contribution is 2.28. The van der Waals surface area contributed by atoms with E-state index in [-0.39, 0.29) is 0 Å². The van der Waals surface area contributed by atoms with Gasteiger partial charge in [-0.25, -0.2) is 9.97 Å². The second-order valence-corrected chi connectivity index (χ2v) is 6.81. The average Bonchev–Trinajstić information content (AvgIpc) is 2.94. The molecular formula is C21H25N5. The molecule has 0 atom stereocenters. The molecule has 2 aromatic heterocycles. The molecule has 0 N–H and O–H groups in total. The highest BCUT2D eigenvalue weighted by molar-refractivity contribution is 5.91. The van der Waals surface area contributed by atoms with Crippen molar-refractivity contribution in [2.75, 3.05) is 37.6 Å². The maximum atomic E-state index is 4.96. The quantitative estimate of drug-likeness (QED) is 0.721. The van der Waals surface area contributed by atoms with E-state index in [0.717, 1.165) is 47.7 Å². The molecule has 0 saturated carbocycles. The van der Waals surface area contributed by atoms with Crippen molar-refractivity contribution in [2.24, 2.45) is 0 Å². The number of rotatable bonds is 4. The van der Waals surface area contributed by atoms with Gasteiger partial charge < -0.3 is 9.80 Å². The Morgan fingerprint density at radius 1 is 0.962 bits per heavy atom. The second kappa shape index (κ2) is 7.79. The van der Waals surface area contributed by atoms with Crippen LogP contribution in [-0.4, -0.2) is 52.6 Å². The molecule has 1 aliphatic rings. The Kier molecular flexibility index (Phi) is 5.07. The van der Waals surface area contributed by atoms with Crippen LogP contribution in [0.15, 0.2) is 48.8 Å². The molecule has 0 aliphatic carbocycles. The Labute approximate surface area is 154 Å². The second-order valence-electron chi connectivity index (χ2n) is 6.81. The third-order valence-corrected chi connectivity index (χ3v) is 4.93. The molecule has 26 heavy (non-hydrogen) atoms. The maximum absolute atomic E-state index is 4.96. The van der Waals surface area contributed by atoms with Gasteiger partial charge in [-0.3, -0.25) is 4.98 Å². The van der Waals surface area contributed by atoms with Crippen LogP contribution < -0.4 is 4.90 Å². The van der Waals surface area contributed by atoms with E-state index in [1.165, 1.54) is 25.9 Å². The van der Waals surface area contributed by atoms with Crippen LogP contribution in [0.1, 0.15) is 19.8 Å². The van der Waals surface area contributed by atoms with Crippen LogP contribution in [0.3, 0.4) is 0 Å². The van der Waals surface area contributed by atoms with E-state index in [1.807, 2.05) is 24.4 Å². The van der Waals surface area contributed by atoms with Crippen molar-refractivity contribution in [1.82, 2.24) is 19.9 Å². The molecule has 1 saturated heterocycles. The lowest BCUT2D eigenvalue weighted by Gasteiger charge is -2.24. The lowest BCUT2D eigenvalue weighted by molar-refractivity contribution is 0.294. The van der Waals surface area contributed by atoms with E-state index in [9.17, 15) is 0 Å². The van der Waals surface area contributed by atoms with Crippen LogP contribution in [0, 0.1) is 0 Å². The van der Waals surface area contributed by atoms with Crippen molar-refractivity contribution < 1.29 is 0 Å². The fourth-order valence-corrected chi connectivity index (χ4v) is 3.65. The minimum Gasteiger partial charge on any atom is -0.355 e.